The van der Waals surface area contributed by atoms with Crippen LogP contribution in [0.15, 0.2) is 53.4 Å². The molecule has 0 bridgehead atoms. The molecule has 1 fully saturated rings. The molecule has 0 aliphatic carbocycles. The van der Waals surface area contributed by atoms with E-state index in [2.05, 4.69) is 4.72 Å². The Morgan fingerprint density at radius 1 is 1.09 bits per heavy atom. The third-order valence-electron chi connectivity index (χ3n) is 3.63. The number of anilines is 2. The maximum absolute atomic E-state index is 12.3. The maximum Gasteiger partial charge on any atom is 0.261 e. The van der Waals surface area contributed by atoms with Crippen LogP contribution in [-0.2, 0) is 14.8 Å². The summed E-state index contributed by atoms with van der Waals surface area (Å²) in [4.78, 5) is 13.4. The van der Waals surface area contributed by atoms with Crippen LogP contribution in [0.25, 0.3) is 0 Å². The van der Waals surface area contributed by atoms with Gasteiger partial charge in [-0.2, -0.15) is 0 Å². The van der Waals surface area contributed by atoms with Gasteiger partial charge >= 0.3 is 0 Å². The summed E-state index contributed by atoms with van der Waals surface area (Å²) in [5.74, 6) is 0.0339. The predicted octanol–water partition coefficient (Wildman–Crippen LogP) is 2.32. The van der Waals surface area contributed by atoms with Gasteiger partial charge in [-0.05, 0) is 42.8 Å². The molecule has 0 spiro atoms. The fourth-order valence-corrected chi connectivity index (χ4v) is 3.56. The highest BCUT2D eigenvalue weighted by molar-refractivity contribution is 7.92. The molecule has 120 valence electrons. The van der Waals surface area contributed by atoms with Crippen molar-refractivity contribution in [2.24, 2.45) is 0 Å². The van der Waals surface area contributed by atoms with Gasteiger partial charge in [0, 0.05) is 24.7 Å². The molecular weight excluding hydrogens is 316 g/mol. The lowest BCUT2D eigenvalue weighted by molar-refractivity contribution is -0.117. The third kappa shape index (κ3) is 3.29. The molecule has 1 aliphatic rings. The van der Waals surface area contributed by atoms with E-state index in [1.54, 1.807) is 29.2 Å². The molecule has 1 heterocycles. The van der Waals surface area contributed by atoms with Crippen molar-refractivity contribution in [2.75, 3.05) is 16.2 Å². The second-order valence-corrected chi connectivity index (χ2v) is 6.98. The second-order valence-electron chi connectivity index (χ2n) is 5.30. The zero-order chi connectivity index (χ0) is 16.4. The number of phenols is 1. The van der Waals surface area contributed by atoms with E-state index in [9.17, 15) is 18.3 Å². The van der Waals surface area contributed by atoms with Crippen molar-refractivity contribution in [2.45, 2.75) is 17.7 Å². The molecule has 0 saturated carbocycles. The van der Waals surface area contributed by atoms with Crippen molar-refractivity contribution in [3.8, 4) is 5.75 Å². The lowest BCUT2D eigenvalue weighted by Crippen LogP contribution is -2.23. The van der Waals surface area contributed by atoms with Crippen molar-refractivity contribution in [1.29, 1.82) is 0 Å². The van der Waals surface area contributed by atoms with Gasteiger partial charge in [-0.3, -0.25) is 9.52 Å². The first-order valence-electron chi connectivity index (χ1n) is 7.18. The van der Waals surface area contributed by atoms with Crippen molar-refractivity contribution in [1.82, 2.24) is 0 Å². The van der Waals surface area contributed by atoms with Crippen molar-refractivity contribution >= 4 is 27.3 Å². The average molecular weight is 332 g/mol. The number of benzene rings is 2. The van der Waals surface area contributed by atoms with Crippen molar-refractivity contribution in [3.05, 3.63) is 48.5 Å². The summed E-state index contributed by atoms with van der Waals surface area (Å²) in [5.41, 5.74) is 0.979. The fourth-order valence-electron chi connectivity index (χ4n) is 2.51. The molecule has 0 unspecified atom stereocenters. The SMILES string of the molecule is O=C1CCCN1c1ccc(S(=O)(=O)Nc2cccc(O)c2)cc1. The Bertz CT molecular complexity index is 831. The number of amides is 1. The Hall–Kier alpha value is -2.54. The number of hydrogen-bond donors (Lipinski definition) is 2. The number of phenolic OH excluding ortho intramolecular Hbond substituents is 1. The highest BCUT2D eigenvalue weighted by Gasteiger charge is 2.22. The third-order valence-corrected chi connectivity index (χ3v) is 5.03. The lowest BCUT2D eigenvalue weighted by Gasteiger charge is -2.16. The van der Waals surface area contributed by atoms with E-state index >= 15 is 0 Å². The normalized spacial score (nSPS) is 15.0. The van der Waals surface area contributed by atoms with E-state index in [0.29, 0.717) is 18.7 Å². The summed E-state index contributed by atoms with van der Waals surface area (Å²) in [5, 5.41) is 9.39. The average Bonchev–Trinajstić information content (AvgIpc) is 2.93. The van der Waals surface area contributed by atoms with E-state index in [0.717, 1.165) is 6.42 Å². The van der Waals surface area contributed by atoms with Crippen LogP contribution in [0.1, 0.15) is 12.8 Å². The minimum absolute atomic E-state index is 0.0203. The number of carbonyl (C=O) groups is 1. The number of rotatable bonds is 4. The molecule has 0 radical (unpaired) electrons. The van der Waals surface area contributed by atoms with Gasteiger partial charge in [-0.25, -0.2) is 8.42 Å². The quantitative estimate of drug-likeness (QED) is 0.899. The number of aromatic hydroxyl groups is 1. The zero-order valence-electron chi connectivity index (χ0n) is 12.3. The van der Waals surface area contributed by atoms with E-state index in [1.165, 1.54) is 24.3 Å². The van der Waals surface area contributed by atoms with Crippen LogP contribution in [0.3, 0.4) is 0 Å². The first-order chi connectivity index (χ1) is 11.0. The van der Waals surface area contributed by atoms with Gasteiger partial charge in [0.1, 0.15) is 5.75 Å². The number of nitrogens with one attached hydrogen (secondary N) is 1. The van der Waals surface area contributed by atoms with Gasteiger partial charge in [0.15, 0.2) is 0 Å². The Balaban J connectivity index is 1.81. The minimum Gasteiger partial charge on any atom is -0.508 e. The summed E-state index contributed by atoms with van der Waals surface area (Å²) >= 11 is 0. The van der Waals surface area contributed by atoms with E-state index in [-0.39, 0.29) is 22.2 Å². The van der Waals surface area contributed by atoms with Crippen LogP contribution in [0.2, 0.25) is 0 Å². The van der Waals surface area contributed by atoms with Gasteiger partial charge in [0.2, 0.25) is 5.91 Å². The summed E-state index contributed by atoms with van der Waals surface area (Å²) in [6.07, 6.45) is 1.34. The van der Waals surface area contributed by atoms with Crippen LogP contribution in [0, 0.1) is 0 Å². The maximum atomic E-state index is 12.3. The highest BCUT2D eigenvalue weighted by atomic mass is 32.2. The number of sulfonamides is 1. The molecule has 23 heavy (non-hydrogen) atoms. The van der Waals surface area contributed by atoms with Crippen LogP contribution in [0.5, 0.6) is 5.75 Å². The molecule has 6 nitrogen and oxygen atoms in total. The van der Waals surface area contributed by atoms with Gasteiger partial charge in [0.25, 0.3) is 10.0 Å². The summed E-state index contributed by atoms with van der Waals surface area (Å²) in [7, 11) is -3.75. The van der Waals surface area contributed by atoms with E-state index in [4.69, 9.17) is 0 Å². The minimum atomic E-state index is -3.75. The summed E-state index contributed by atoms with van der Waals surface area (Å²) < 4.78 is 27.1. The molecule has 2 aromatic carbocycles. The van der Waals surface area contributed by atoms with Crippen LogP contribution >= 0.6 is 0 Å². The van der Waals surface area contributed by atoms with E-state index < -0.39 is 10.0 Å². The predicted molar refractivity (Wildman–Crippen MR) is 86.9 cm³/mol. The van der Waals surface area contributed by atoms with Crippen molar-refractivity contribution < 1.29 is 18.3 Å². The molecule has 1 saturated heterocycles. The van der Waals surface area contributed by atoms with Crippen LogP contribution in [-0.4, -0.2) is 26.0 Å². The zero-order valence-corrected chi connectivity index (χ0v) is 13.1. The first-order valence-corrected chi connectivity index (χ1v) is 8.66. The Morgan fingerprint density at radius 2 is 1.83 bits per heavy atom. The van der Waals surface area contributed by atoms with Gasteiger partial charge in [0.05, 0.1) is 10.6 Å². The summed E-state index contributed by atoms with van der Waals surface area (Å²) in [6.45, 7) is 0.659. The largest absolute Gasteiger partial charge is 0.508 e. The molecule has 1 aliphatic heterocycles. The molecule has 1 amide bonds. The Kier molecular flexibility index (Phi) is 3.96. The number of nitrogens with zero attached hydrogens (tertiary/aromatic N) is 1. The monoisotopic (exact) mass is 332 g/mol. The van der Waals surface area contributed by atoms with Crippen LogP contribution in [0.4, 0.5) is 11.4 Å². The number of carbonyl (C=O) groups excluding carboxylic acids is 1. The van der Waals surface area contributed by atoms with Gasteiger partial charge in [-0.15, -0.1) is 0 Å². The molecule has 2 aromatic rings. The van der Waals surface area contributed by atoms with Gasteiger partial charge in [-0.1, -0.05) is 6.07 Å². The molecular formula is C16H16N2O4S. The number of hydrogen-bond acceptors (Lipinski definition) is 4. The lowest BCUT2D eigenvalue weighted by atomic mass is 10.3. The summed E-state index contributed by atoms with van der Waals surface area (Å²) in [6, 6.07) is 12.1. The fraction of sp³-hybridized carbons (Fsp3) is 0.188. The molecule has 3 rings (SSSR count). The smallest absolute Gasteiger partial charge is 0.261 e. The molecule has 2 N–H and O–H groups in total. The standard InChI is InChI=1S/C16H16N2O4S/c19-14-4-1-3-12(11-14)17-23(21,22)15-8-6-13(7-9-15)18-10-2-5-16(18)20/h1,3-4,6-9,11,17,19H,2,5,10H2. The highest BCUT2D eigenvalue weighted by Crippen LogP contribution is 2.24. The van der Waals surface area contributed by atoms with Crippen molar-refractivity contribution in [3.63, 3.8) is 0 Å². The Morgan fingerprint density at radius 3 is 2.43 bits per heavy atom. The first kappa shape index (κ1) is 15.4. The Labute approximate surface area is 134 Å². The van der Waals surface area contributed by atoms with E-state index in [1.807, 2.05) is 0 Å². The van der Waals surface area contributed by atoms with Gasteiger partial charge < -0.3 is 10.0 Å². The molecule has 0 atom stereocenters. The molecule has 0 aromatic heterocycles. The van der Waals surface area contributed by atoms with Crippen LogP contribution < -0.4 is 9.62 Å². The topological polar surface area (TPSA) is 86.7 Å². The molecule has 7 heteroatoms. The second kappa shape index (κ2) is 5.92.